The van der Waals surface area contributed by atoms with Crippen molar-refractivity contribution >= 4 is 23.5 Å². The Kier molecular flexibility index (Phi) is 5.37. The second kappa shape index (κ2) is 7.42. The fourth-order valence-corrected chi connectivity index (χ4v) is 3.30. The van der Waals surface area contributed by atoms with E-state index in [1.807, 2.05) is 13.8 Å². The predicted octanol–water partition coefficient (Wildman–Crippen LogP) is 4.09. The van der Waals surface area contributed by atoms with E-state index in [2.05, 4.69) is 15.5 Å². The molecule has 146 valence electrons. The zero-order chi connectivity index (χ0) is 19.7. The van der Waals surface area contributed by atoms with Crippen LogP contribution in [0.15, 0.2) is 28.7 Å². The number of halogens is 3. The molecule has 2 aromatic rings. The fraction of sp³-hybridized carbons (Fsp3) is 0.500. The maximum Gasteiger partial charge on any atom is 0.316 e. The number of hydrogen-bond donors (Lipinski definition) is 1. The SMILES string of the molecule is CC.O=C(CNc1nnc(-c2ccc(Cl)cc2)o1)N1CCC2(C1)CC2(F)F. The molecule has 2 fully saturated rings. The summed E-state index contributed by atoms with van der Waals surface area (Å²) in [5.41, 5.74) is -0.289. The highest BCUT2D eigenvalue weighted by molar-refractivity contribution is 6.30. The third-order valence-corrected chi connectivity index (χ3v) is 5.08. The van der Waals surface area contributed by atoms with E-state index in [1.165, 1.54) is 4.90 Å². The van der Waals surface area contributed by atoms with Crippen molar-refractivity contribution in [3.05, 3.63) is 29.3 Å². The van der Waals surface area contributed by atoms with E-state index in [0.717, 1.165) is 0 Å². The first-order valence-corrected chi connectivity index (χ1v) is 9.25. The van der Waals surface area contributed by atoms with E-state index < -0.39 is 11.3 Å². The van der Waals surface area contributed by atoms with Gasteiger partial charge in [0.2, 0.25) is 11.8 Å². The molecular formula is C18H21ClF2N4O2. The molecule has 0 radical (unpaired) electrons. The van der Waals surface area contributed by atoms with Crippen LogP contribution in [0.3, 0.4) is 0 Å². The van der Waals surface area contributed by atoms with Crippen molar-refractivity contribution < 1.29 is 18.0 Å². The zero-order valence-corrected chi connectivity index (χ0v) is 15.9. The lowest BCUT2D eigenvalue weighted by atomic mass is 10.1. The van der Waals surface area contributed by atoms with E-state index in [-0.39, 0.29) is 31.4 Å². The van der Waals surface area contributed by atoms with Crippen molar-refractivity contribution in [2.24, 2.45) is 5.41 Å². The lowest BCUT2D eigenvalue weighted by Crippen LogP contribution is -2.34. The molecule has 6 nitrogen and oxygen atoms in total. The van der Waals surface area contributed by atoms with E-state index >= 15 is 0 Å². The number of likely N-dealkylation sites (tertiary alicyclic amines) is 1. The fourth-order valence-electron chi connectivity index (χ4n) is 3.18. The summed E-state index contributed by atoms with van der Waals surface area (Å²) in [5, 5.41) is 11.1. The molecule has 1 spiro atoms. The van der Waals surface area contributed by atoms with Crippen molar-refractivity contribution in [2.45, 2.75) is 32.6 Å². The Morgan fingerprint density at radius 3 is 2.56 bits per heavy atom. The van der Waals surface area contributed by atoms with Crippen LogP contribution >= 0.6 is 11.6 Å². The number of nitrogens with zero attached hydrogens (tertiary/aromatic N) is 3. The average molecular weight is 399 g/mol. The molecule has 1 aliphatic carbocycles. The van der Waals surface area contributed by atoms with Crippen LogP contribution in [0.4, 0.5) is 14.8 Å². The first-order valence-electron chi connectivity index (χ1n) is 8.88. The summed E-state index contributed by atoms with van der Waals surface area (Å²) in [6.45, 7) is 4.39. The van der Waals surface area contributed by atoms with Gasteiger partial charge >= 0.3 is 6.01 Å². The molecule has 9 heteroatoms. The molecule has 1 unspecified atom stereocenters. The highest BCUT2D eigenvalue weighted by Crippen LogP contribution is 2.64. The minimum Gasteiger partial charge on any atom is -0.403 e. The Bertz CT molecular complexity index is 812. The average Bonchev–Trinajstić information content (AvgIpc) is 3.08. The lowest BCUT2D eigenvalue weighted by Gasteiger charge is -2.16. The summed E-state index contributed by atoms with van der Waals surface area (Å²) in [6, 6.07) is 6.99. The minimum atomic E-state index is -2.63. The Morgan fingerprint density at radius 2 is 1.96 bits per heavy atom. The predicted molar refractivity (Wildman–Crippen MR) is 97.8 cm³/mol. The first-order chi connectivity index (χ1) is 12.9. The number of carbonyl (C=O) groups is 1. The molecule has 0 bridgehead atoms. The summed E-state index contributed by atoms with van der Waals surface area (Å²) in [4.78, 5) is 13.6. The van der Waals surface area contributed by atoms with Gasteiger partial charge in [-0.05, 0) is 30.7 Å². The monoisotopic (exact) mass is 398 g/mol. The molecule has 1 aromatic heterocycles. The summed E-state index contributed by atoms with van der Waals surface area (Å²) >= 11 is 5.83. The van der Waals surface area contributed by atoms with Crippen molar-refractivity contribution in [2.75, 3.05) is 25.0 Å². The van der Waals surface area contributed by atoms with Gasteiger partial charge in [-0.2, -0.15) is 0 Å². The van der Waals surface area contributed by atoms with Crippen molar-refractivity contribution in [1.82, 2.24) is 15.1 Å². The molecule has 1 aliphatic heterocycles. The molecule has 4 rings (SSSR count). The largest absolute Gasteiger partial charge is 0.403 e. The first kappa shape index (κ1) is 19.5. The third-order valence-electron chi connectivity index (χ3n) is 4.82. The van der Waals surface area contributed by atoms with E-state index in [9.17, 15) is 13.6 Å². The normalized spacial score (nSPS) is 22.3. The van der Waals surface area contributed by atoms with Crippen molar-refractivity contribution in [1.29, 1.82) is 0 Å². The van der Waals surface area contributed by atoms with Crippen LogP contribution in [0.1, 0.15) is 26.7 Å². The maximum absolute atomic E-state index is 13.4. The van der Waals surface area contributed by atoms with Gasteiger partial charge in [0.05, 0.1) is 12.0 Å². The van der Waals surface area contributed by atoms with Crippen molar-refractivity contribution in [3.8, 4) is 11.5 Å². The van der Waals surface area contributed by atoms with Gasteiger partial charge in [0, 0.05) is 30.1 Å². The number of benzene rings is 1. The van der Waals surface area contributed by atoms with E-state index in [0.29, 0.717) is 29.4 Å². The second-order valence-electron chi connectivity index (χ2n) is 6.50. The molecule has 27 heavy (non-hydrogen) atoms. The van der Waals surface area contributed by atoms with Gasteiger partial charge in [0.15, 0.2) is 0 Å². The van der Waals surface area contributed by atoms with Crippen LogP contribution in [0.2, 0.25) is 5.02 Å². The highest BCUT2D eigenvalue weighted by atomic mass is 35.5. The Morgan fingerprint density at radius 1 is 1.30 bits per heavy atom. The third kappa shape index (κ3) is 3.90. The molecule has 1 N–H and O–H groups in total. The van der Waals surface area contributed by atoms with Crippen LogP contribution in [0.5, 0.6) is 0 Å². The van der Waals surface area contributed by atoms with E-state index in [1.54, 1.807) is 24.3 Å². The number of amides is 1. The standard InChI is InChI=1S/C16H15ClF2N4O2.C2H6/c17-11-3-1-10(2-4-11)13-21-22-14(25-13)20-7-12(24)23-6-5-15(9-23)8-16(15,18)19;1-2/h1-4H,5-9H2,(H,20,22);1-2H3. The summed E-state index contributed by atoms with van der Waals surface area (Å²) in [6.07, 6.45) is 0.234. The minimum absolute atomic E-state index is 0.0795. The summed E-state index contributed by atoms with van der Waals surface area (Å²) in [7, 11) is 0. The summed E-state index contributed by atoms with van der Waals surface area (Å²) < 4.78 is 32.2. The quantitative estimate of drug-likeness (QED) is 0.840. The molecule has 1 saturated heterocycles. The van der Waals surface area contributed by atoms with Crippen LogP contribution in [-0.4, -0.2) is 46.6 Å². The number of carbonyl (C=O) groups excluding carboxylic acids is 1. The molecule has 2 heterocycles. The molecule has 1 amide bonds. The topological polar surface area (TPSA) is 71.3 Å². The molecule has 2 aliphatic rings. The van der Waals surface area contributed by atoms with Gasteiger partial charge in [0.25, 0.3) is 5.92 Å². The maximum atomic E-state index is 13.4. The number of hydrogen-bond acceptors (Lipinski definition) is 5. The molecule has 1 saturated carbocycles. The van der Waals surface area contributed by atoms with Crippen LogP contribution in [0.25, 0.3) is 11.5 Å². The van der Waals surface area contributed by atoms with Crippen LogP contribution < -0.4 is 5.32 Å². The highest BCUT2D eigenvalue weighted by Gasteiger charge is 2.72. The Hall–Kier alpha value is -2.22. The molecule has 1 atom stereocenters. The van der Waals surface area contributed by atoms with Gasteiger partial charge in [-0.3, -0.25) is 4.79 Å². The van der Waals surface area contributed by atoms with Crippen LogP contribution in [-0.2, 0) is 4.79 Å². The number of alkyl halides is 2. The van der Waals surface area contributed by atoms with Crippen LogP contribution in [0, 0.1) is 5.41 Å². The Balaban J connectivity index is 0.00000102. The van der Waals surface area contributed by atoms with Gasteiger partial charge in [-0.1, -0.05) is 30.5 Å². The number of anilines is 1. The number of nitrogens with one attached hydrogen (secondary N) is 1. The number of rotatable bonds is 4. The zero-order valence-electron chi connectivity index (χ0n) is 15.1. The smallest absolute Gasteiger partial charge is 0.316 e. The molecule has 1 aromatic carbocycles. The lowest BCUT2D eigenvalue weighted by molar-refractivity contribution is -0.128. The van der Waals surface area contributed by atoms with Gasteiger partial charge in [-0.15, -0.1) is 5.10 Å². The second-order valence-corrected chi connectivity index (χ2v) is 6.94. The van der Waals surface area contributed by atoms with Gasteiger partial charge in [-0.25, -0.2) is 8.78 Å². The van der Waals surface area contributed by atoms with Gasteiger partial charge in [0.1, 0.15) is 0 Å². The Labute approximate surface area is 160 Å². The van der Waals surface area contributed by atoms with Crippen molar-refractivity contribution in [3.63, 3.8) is 0 Å². The van der Waals surface area contributed by atoms with Gasteiger partial charge < -0.3 is 14.6 Å². The summed E-state index contributed by atoms with van der Waals surface area (Å²) in [5.74, 6) is -2.59. The number of aromatic nitrogens is 2. The van der Waals surface area contributed by atoms with E-state index in [4.69, 9.17) is 16.0 Å². The molecular weight excluding hydrogens is 378 g/mol.